The molecule has 0 spiro atoms. The van der Waals surface area contributed by atoms with Crippen LogP contribution in [0.15, 0.2) is 35.5 Å². The number of Topliss-reactive ketones (excluding diaryl/α,β-unsaturated/α-hetero) is 4. The van der Waals surface area contributed by atoms with E-state index in [1.807, 2.05) is 0 Å². The van der Waals surface area contributed by atoms with Crippen LogP contribution >= 0.6 is 0 Å². The van der Waals surface area contributed by atoms with E-state index in [2.05, 4.69) is 13.2 Å². The summed E-state index contributed by atoms with van der Waals surface area (Å²) in [6.07, 6.45) is 1.83. The van der Waals surface area contributed by atoms with Crippen LogP contribution in [0.2, 0.25) is 0 Å². The molecule has 0 heterocycles. The molecular formula is C23H24ArO4. The van der Waals surface area contributed by atoms with E-state index in [0.29, 0.717) is 36.8 Å². The van der Waals surface area contributed by atoms with Crippen molar-refractivity contribution in [3.63, 3.8) is 0 Å². The first-order valence-corrected chi connectivity index (χ1v) is 9.64. The van der Waals surface area contributed by atoms with Crippen LogP contribution in [0, 0.1) is 85.1 Å². The number of carbonyl (C=O) groups is 4. The largest absolute Gasteiger partial charge is 0.295 e. The maximum Gasteiger partial charge on any atom is 0.159 e. The maximum atomic E-state index is 12.9. The quantitative estimate of drug-likeness (QED) is 0.583. The summed E-state index contributed by atoms with van der Waals surface area (Å²) in [5.74, 6) is 1.53. The zero-order valence-electron chi connectivity index (χ0n) is 14.8. The fourth-order valence-electron chi connectivity index (χ4n) is 7.52. The zero-order chi connectivity index (χ0) is 18.1. The molecule has 0 aliphatic heterocycles. The number of rotatable bonds is 0. The van der Waals surface area contributed by atoms with Crippen LogP contribution in [-0.4, -0.2) is 23.1 Å². The predicted molar refractivity (Wildman–Crippen MR) is 98.5 cm³/mol. The predicted octanol–water partition coefficient (Wildman–Crippen LogP) is 2.88. The third-order valence-electron chi connectivity index (χ3n) is 8.45. The first kappa shape index (κ1) is 20.4. The van der Waals surface area contributed by atoms with E-state index in [-0.39, 0.29) is 116 Å². The molecule has 6 saturated carbocycles. The van der Waals surface area contributed by atoms with Crippen molar-refractivity contribution in [2.24, 2.45) is 47.3 Å². The molecule has 0 saturated heterocycles. The van der Waals surface area contributed by atoms with Gasteiger partial charge in [0.2, 0.25) is 0 Å². The van der Waals surface area contributed by atoms with Gasteiger partial charge in [0.05, 0.1) is 0 Å². The Morgan fingerprint density at radius 3 is 1.14 bits per heavy atom. The molecule has 6 rings (SSSR count). The molecule has 5 heteroatoms. The van der Waals surface area contributed by atoms with Gasteiger partial charge in [0.1, 0.15) is 0 Å². The monoisotopic (exact) mass is 404 g/mol. The molecule has 0 aromatic carbocycles. The third kappa shape index (κ3) is 2.12. The number of carbonyl (C=O) groups excluding carboxylic acids is 4. The van der Waals surface area contributed by atoms with Gasteiger partial charge in [-0.05, 0) is 58.5 Å². The van der Waals surface area contributed by atoms with Crippen LogP contribution in [-0.2, 0) is 19.2 Å². The summed E-state index contributed by atoms with van der Waals surface area (Å²) in [7, 11) is 0. The number of ketones is 4. The molecule has 8 unspecified atom stereocenters. The molecule has 0 radical (unpaired) electrons. The van der Waals surface area contributed by atoms with Crippen molar-refractivity contribution in [3.05, 3.63) is 35.5 Å². The molecule has 0 aromatic rings. The molecule has 0 N–H and O–H groups in total. The van der Waals surface area contributed by atoms with Gasteiger partial charge in [-0.15, -0.1) is 0 Å². The molecule has 28 heavy (non-hydrogen) atoms. The van der Waals surface area contributed by atoms with E-state index in [0.717, 1.165) is 11.1 Å². The first-order valence-electron chi connectivity index (χ1n) is 9.64. The normalized spacial score (nSPS) is 47.6. The summed E-state index contributed by atoms with van der Waals surface area (Å²) in [4.78, 5) is 49.9. The Morgan fingerprint density at radius 1 is 0.536 bits per heavy atom. The van der Waals surface area contributed by atoms with Crippen molar-refractivity contribution in [2.45, 2.75) is 33.1 Å². The molecular weight excluding hydrogens is 380 g/mol. The Kier molecular flexibility index (Phi) is 4.62. The summed E-state index contributed by atoms with van der Waals surface area (Å²) in [6, 6.07) is 0. The fraction of sp³-hybridized carbons (Fsp3) is 0.565. The maximum absolute atomic E-state index is 12.9. The molecule has 6 fully saturated rings. The molecule has 8 atom stereocenters. The molecule has 6 aliphatic rings. The van der Waals surface area contributed by atoms with Crippen LogP contribution in [0.4, 0.5) is 0 Å². The van der Waals surface area contributed by atoms with E-state index >= 15 is 0 Å². The van der Waals surface area contributed by atoms with Crippen molar-refractivity contribution in [3.8, 4) is 0 Å². The Labute approximate surface area is 194 Å². The smallest absolute Gasteiger partial charge is 0.159 e. The van der Waals surface area contributed by atoms with Gasteiger partial charge in [-0.25, -0.2) is 0 Å². The van der Waals surface area contributed by atoms with Crippen LogP contribution < -0.4 is 0 Å². The number of hydrogen-bond acceptors (Lipinski definition) is 4. The van der Waals surface area contributed by atoms with Crippen LogP contribution in [0.1, 0.15) is 33.1 Å². The molecule has 0 amide bonds. The molecule has 148 valence electrons. The SMILES string of the molecule is C.C=C1C(=O)CC2C1C1CC(=O)/C(=C3/C(=O)CC4C5C(=C)C(=O)CC5C34)C21.[Ar]. The van der Waals surface area contributed by atoms with Crippen molar-refractivity contribution in [2.75, 3.05) is 0 Å². The van der Waals surface area contributed by atoms with E-state index in [9.17, 15) is 19.2 Å². The Balaban J connectivity index is 0.000000961. The van der Waals surface area contributed by atoms with Crippen LogP contribution in [0.25, 0.3) is 0 Å². The second kappa shape index (κ2) is 6.33. The van der Waals surface area contributed by atoms with Gasteiger partial charge in [-0.2, -0.15) is 0 Å². The Hall–Kier alpha value is -0.840. The number of fused-ring (bicyclic) bond motifs is 8. The second-order valence-electron chi connectivity index (χ2n) is 9.15. The van der Waals surface area contributed by atoms with Crippen molar-refractivity contribution >= 4 is 23.1 Å². The molecule has 6 aliphatic carbocycles. The molecule has 4 nitrogen and oxygen atoms in total. The van der Waals surface area contributed by atoms with Gasteiger partial charge in [0.15, 0.2) is 23.1 Å². The van der Waals surface area contributed by atoms with E-state index in [1.165, 1.54) is 0 Å². The Morgan fingerprint density at radius 2 is 0.821 bits per heavy atom. The number of hydrogen-bond donors (Lipinski definition) is 0. The summed E-state index contributed by atoms with van der Waals surface area (Å²) in [5.41, 5.74) is 2.85. The Bertz CT molecular complexity index is 839. The minimum atomic E-state index is 0. The average Bonchev–Trinajstić information content (AvgIpc) is 3.19. The number of allylic oxidation sites excluding steroid dienone is 4. The standard InChI is InChI=1S/C22H20O4.CH4.Ar/c1-7-13(23)3-9-17(7)11-5-15(25)21(19(9)11)22-16(26)6-12-18-8(2)14(24)4-10(18)20(12)22;;/h9-12,17-20H,1-6H2;1H4;/b22-21+;;. The summed E-state index contributed by atoms with van der Waals surface area (Å²) >= 11 is 0. The molecule has 0 bridgehead atoms. The van der Waals surface area contributed by atoms with E-state index in [4.69, 9.17) is 0 Å². The summed E-state index contributed by atoms with van der Waals surface area (Å²) in [5, 5.41) is 0. The van der Waals surface area contributed by atoms with Crippen molar-refractivity contribution < 1.29 is 56.9 Å². The van der Waals surface area contributed by atoms with Crippen molar-refractivity contribution in [1.82, 2.24) is 0 Å². The minimum absolute atomic E-state index is 0. The molecule has 0 aromatic heterocycles. The van der Waals surface area contributed by atoms with Gasteiger partial charge in [-0.3, -0.25) is 19.2 Å². The second-order valence-corrected chi connectivity index (χ2v) is 9.15. The first-order chi connectivity index (χ1) is 12.4. The van der Waals surface area contributed by atoms with E-state index < -0.39 is 0 Å². The topological polar surface area (TPSA) is 68.3 Å². The van der Waals surface area contributed by atoms with Gasteiger partial charge < -0.3 is 0 Å². The fourth-order valence-corrected chi connectivity index (χ4v) is 7.52. The summed E-state index contributed by atoms with van der Waals surface area (Å²) in [6.45, 7) is 7.90. The van der Waals surface area contributed by atoms with Crippen LogP contribution in [0.3, 0.4) is 0 Å². The zero-order valence-corrected chi connectivity index (χ0v) is 15.6. The summed E-state index contributed by atoms with van der Waals surface area (Å²) < 4.78 is 0. The van der Waals surface area contributed by atoms with Gasteiger partial charge in [0, 0.05) is 74.6 Å². The van der Waals surface area contributed by atoms with Gasteiger partial charge >= 0.3 is 0 Å². The van der Waals surface area contributed by atoms with Crippen molar-refractivity contribution in [1.29, 1.82) is 0 Å². The van der Waals surface area contributed by atoms with Gasteiger partial charge in [0.25, 0.3) is 0 Å². The van der Waals surface area contributed by atoms with Crippen LogP contribution in [0.5, 0.6) is 0 Å². The average molecular weight is 404 g/mol. The van der Waals surface area contributed by atoms with E-state index in [1.54, 1.807) is 0 Å². The van der Waals surface area contributed by atoms with Gasteiger partial charge in [-0.1, -0.05) is 20.6 Å². The minimum Gasteiger partial charge on any atom is -0.295 e. The third-order valence-corrected chi connectivity index (χ3v) is 8.45.